The fraction of sp³-hybridized carbons (Fsp3) is 0.100. The van der Waals surface area contributed by atoms with Crippen LogP contribution in [0.4, 0.5) is 8.78 Å². The summed E-state index contributed by atoms with van der Waals surface area (Å²) in [4.78, 5) is 21.2. The Kier molecular flexibility index (Phi) is 6.67. The van der Waals surface area contributed by atoms with Gasteiger partial charge >= 0.3 is 0 Å². The Labute approximate surface area is 168 Å². The molecule has 0 saturated heterocycles. The van der Waals surface area contributed by atoms with Crippen molar-refractivity contribution in [3.63, 3.8) is 0 Å². The molecule has 1 amide bonds. The lowest BCUT2D eigenvalue weighted by molar-refractivity contribution is 0.0196. The molecule has 0 atom stereocenters. The minimum absolute atomic E-state index is 0.0817. The van der Waals surface area contributed by atoms with E-state index in [2.05, 4.69) is 26.4 Å². The smallest absolute Gasteiger partial charge is 0.293 e. The van der Waals surface area contributed by atoms with Crippen molar-refractivity contribution in [2.45, 2.75) is 0 Å². The summed E-state index contributed by atoms with van der Waals surface area (Å²) in [5.74, 6) is -0.768. The number of ether oxygens (including phenoxy) is 1. The van der Waals surface area contributed by atoms with Crippen LogP contribution >= 0.6 is 15.9 Å². The van der Waals surface area contributed by atoms with E-state index in [1.807, 2.05) is 0 Å². The zero-order valence-corrected chi connectivity index (χ0v) is 16.1. The second-order valence-electron chi connectivity index (χ2n) is 5.64. The van der Waals surface area contributed by atoms with Gasteiger partial charge in [0.2, 0.25) is 0 Å². The van der Waals surface area contributed by atoms with E-state index < -0.39 is 5.91 Å². The molecule has 144 valence electrons. The summed E-state index contributed by atoms with van der Waals surface area (Å²) in [6, 6.07) is 13.5. The minimum atomic E-state index is -0.520. The zero-order chi connectivity index (χ0) is 19.9. The number of hydroxylamine groups is 1. The molecule has 0 bridgehead atoms. The van der Waals surface area contributed by atoms with Gasteiger partial charge in [0.25, 0.3) is 5.91 Å². The Morgan fingerprint density at radius 3 is 2.54 bits per heavy atom. The Morgan fingerprint density at radius 1 is 1.00 bits per heavy atom. The van der Waals surface area contributed by atoms with Crippen LogP contribution in [0.15, 0.2) is 65.3 Å². The highest BCUT2D eigenvalue weighted by Crippen LogP contribution is 2.22. The molecule has 5 nitrogen and oxygen atoms in total. The summed E-state index contributed by atoms with van der Waals surface area (Å²) >= 11 is 3.07. The lowest BCUT2D eigenvalue weighted by atomic mass is 10.1. The van der Waals surface area contributed by atoms with Crippen LogP contribution in [0.5, 0.6) is 5.75 Å². The number of benzene rings is 2. The van der Waals surface area contributed by atoms with Gasteiger partial charge in [-0.1, -0.05) is 12.1 Å². The number of nitrogens with one attached hydrogen (secondary N) is 1. The number of aromatic nitrogens is 1. The lowest BCUT2D eigenvalue weighted by Crippen LogP contribution is -2.26. The molecule has 0 aliphatic heterocycles. The standard InChI is InChI=1S/C20H15BrF2N2O3/c21-17-12-16(5-6-18(17)23)27-9-10-28-25-20(26)19-11-14(7-8-24-19)13-1-3-15(22)4-2-13/h1-8,11-12H,9-10H2,(H,25,26). The predicted molar refractivity (Wildman–Crippen MR) is 103 cm³/mol. The van der Waals surface area contributed by atoms with Crippen LogP contribution in [0, 0.1) is 11.6 Å². The van der Waals surface area contributed by atoms with Crippen LogP contribution in [0.3, 0.4) is 0 Å². The number of carbonyl (C=O) groups is 1. The quantitative estimate of drug-likeness (QED) is 0.426. The summed E-state index contributed by atoms with van der Waals surface area (Å²) in [5, 5.41) is 0. The van der Waals surface area contributed by atoms with Crippen LogP contribution in [0.2, 0.25) is 0 Å². The van der Waals surface area contributed by atoms with Crippen molar-refractivity contribution in [3.8, 4) is 16.9 Å². The molecule has 3 aromatic rings. The molecule has 2 aromatic carbocycles. The Hall–Kier alpha value is -2.84. The van der Waals surface area contributed by atoms with Crippen LogP contribution in [-0.4, -0.2) is 24.1 Å². The maximum atomic E-state index is 13.1. The highest BCUT2D eigenvalue weighted by atomic mass is 79.9. The molecule has 1 aromatic heterocycles. The first-order valence-electron chi connectivity index (χ1n) is 8.25. The maximum Gasteiger partial charge on any atom is 0.293 e. The van der Waals surface area contributed by atoms with Crippen molar-refractivity contribution >= 4 is 21.8 Å². The predicted octanol–water partition coefficient (Wildman–Crippen LogP) is 4.53. The zero-order valence-electron chi connectivity index (χ0n) is 14.5. The number of nitrogens with zero attached hydrogens (tertiary/aromatic N) is 1. The molecule has 0 aliphatic carbocycles. The summed E-state index contributed by atoms with van der Waals surface area (Å²) in [6.45, 7) is 0.236. The number of amides is 1. The van der Waals surface area contributed by atoms with E-state index in [0.29, 0.717) is 10.2 Å². The monoisotopic (exact) mass is 448 g/mol. The van der Waals surface area contributed by atoms with Crippen LogP contribution in [0.25, 0.3) is 11.1 Å². The highest BCUT2D eigenvalue weighted by Gasteiger charge is 2.09. The third-order valence-electron chi connectivity index (χ3n) is 3.68. The van der Waals surface area contributed by atoms with E-state index in [-0.39, 0.29) is 30.5 Å². The largest absolute Gasteiger partial charge is 0.491 e. The molecule has 3 rings (SSSR count). The third-order valence-corrected chi connectivity index (χ3v) is 4.29. The number of rotatable bonds is 7. The third kappa shape index (κ3) is 5.34. The highest BCUT2D eigenvalue weighted by molar-refractivity contribution is 9.10. The van der Waals surface area contributed by atoms with Crippen molar-refractivity contribution < 1.29 is 23.1 Å². The SMILES string of the molecule is O=C(NOCCOc1ccc(F)c(Br)c1)c1cc(-c2ccc(F)cc2)ccn1. The summed E-state index contributed by atoms with van der Waals surface area (Å²) in [5.41, 5.74) is 3.93. The Morgan fingerprint density at radius 2 is 1.79 bits per heavy atom. The number of carbonyl (C=O) groups excluding carboxylic acids is 1. The average Bonchev–Trinajstić information content (AvgIpc) is 2.71. The average molecular weight is 449 g/mol. The fourth-order valence-corrected chi connectivity index (χ4v) is 2.67. The summed E-state index contributed by atoms with van der Waals surface area (Å²) in [7, 11) is 0. The molecule has 28 heavy (non-hydrogen) atoms. The first-order chi connectivity index (χ1) is 13.5. The van der Waals surface area contributed by atoms with Crippen molar-refractivity contribution in [2.75, 3.05) is 13.2 Å². The van der Waals surface area contributed by atoms with Crippen LogP contribution in [0.1, 0.15) is 10.5 Å². The van der Waals surface area contributed by atoms with Gasteiger partial charge in [-0.05, 0) is 69.5 Å². The second-order valence-corrected chi connectivity index (χ2v) is 6.50. The molecule has 0 radical (unpaired) electrons. The van der Waals surface area contributed by atoms with E-state index in [9.17, 15) is 13.6 Å². The van der Waals surface area contributed by atoms with Crippen molar-refractivity contribution in [1.29, 1.82) is 0 Å². The number of halogens is 3. The Balaban J connectivity index is 1.49. The van der Waals surface area contributed by atoms with Gasteiger partial charge in [-0.15, -0.1) is 0 Å². The normalized spacial score (nSPS) is 10.5. The first-order valence-corrected chi connectivity index (χ1v) is 9.04. The Bertz CT molecular complexity index is 968. The molecule has 1 N–H and O–H groups in total. The molecule has 8 heteroatoms. The van der Waals surface area contributed by atoms with Crippen LogP contribution in [-0.2, 0) is 4.84 Å². The van der Waals surface area contributed by atoms with Crippen LogP contribution < -0.4 is 10.2 Å². The molecule has 0 aliphatic rings. The molecule has 1 heterocycles. The van der Waals surface area contributed by atoms with Gasteiger partial charge in [0.1, 0.15) is 36.3 Å². The summed E-state index contributed by atoms with van der Waals surface area (Å²) in [6.07, 6.45) is 1.49. The van der Waals surface area contributed by atoms with E-state index in [4.69, 9.17) is 9.57 Å². The summed E-state index contributed by atoms with van der Waals surface area (Å²) < 4.78 is 31.9. The van der Waals surface area contributed by atoms with Gasteiger partial charge in [0, 0.05) is 6.20 Å². The molecular weight excluding hydrogens is 434 g/mol. The van der Waals surface area contributed by atoms with E-state index in [1.54, 1.807) is 24.3 Å². The molecule has 0 saturated carbocycles. The molecule has 0 spiro atoms. The van der Waals surface area contributed by atoms with Gasteiger partial charge in [-0.25, -0.2) is 14.3 Å². The fourth-order valence-electron chi connectivity index (χ4n) is 2.31. The topological polar surface area (TPSA) is 60.5 Å². The number of hydrogen-bond donors (Lipinski definition) is 1. The molecule has 0 fully saturated rings. The van der Waals surface area contributed by atoms with Gasteiger partial charge in [-0.2, -0.15) is 0 Å². The number of hydrogen-bond acceptors (Lipinski definition) is 4. The second kappa shape index (κ2) is 9.38. The van der Waals surface area contributed by atoms with Gasteiger partial charge in [-0.3, -0.25) is 14.6 Å². The van der Waals surface area contributed by atoms with E-state index >= 15 is 0 Å². The van der Waals surface area contributed by atoms with Crippen molar-refractivity contribution in [1.82, 2.24) is 10.5 Å². The van der Waals surface area contributed by atoms with Crippen molar-refractivity contribution in [2.24, 2.45) is 0 Å². The van der Waals surface area contributed by atoms with Crippen molar-refractivity contribution in [3.05, 3.63) is 82.6 Å². The van der Waals surface area contributed by atoms with E-state index in [1.165, 1.54) is 36.5 Å². The minimum Gasteiger partial charge on any atom is -0.491 e. The lowest BCUT2D eigenvalue weighted by Gasteiger charge is -2.09. The van der Waals surface area contributed by atoms with E-state index in [0.717, 1.165) is 11.1 Å². The maximum absolute atomic E-state index is 13.1. The number of pyridine rings is 1. The van der Waals surface area contributed by atoms with Gasteiger partial charge in [0.15, 0.2) is 0 Å². The molecule has 0 unspecified atom stereocenters. The van der Waals surface area contributed by atoms with Gasteiger partial charge < -0.3 is 4.74 Å². The van der Waals surface area contributed by atoms with Gasteiger partial charge in [0.05, 0.1) is 4.47 Å². The molecular formula is C20H15BrF2N2O3. The first kappa shape index (κ1) is 19.9.